The van der Waals surface area contributed by atoms with E-state index in [9.17, 15) is 9.59 Å². The van der Waals surface area contributed by atoms with Crippen LogP contribution in [0.2, 0.25) is 0 Å². The molecule has 6 heteroatoms. The number of amides is 1. The van der Waals surface area contributed by atoms with Gasteiger partial charge in [0.1, 0.15) is 0 Å². The number of hydrogen-bond donors (Lipinski definition) is 2. The lowest BCUT2D eigenvalue weighted by Crippen LogP contribution is -2.28. The van der Waals surface area contributed by atoms with E-state index in [0.29, 0.717) is 13.0 Å². The minimum Gasteiger partial charge on any atom is -0.481 e. The molecule has 2 atom stereocenters. The lowest BCUT2D eigenvalue weighted by atomic mass is 10.1. The Balaban J connectivity index is 1.48. The number of nitrogens with zero attached hydrogens (tertiary/aromatic N) is 1. The molecular weight excluding hydrogens is 312 g/mol. The molecule has 0 saturated heterocycles. The predicted molar refractivity (Wildman–Crippen MR) is 88.2 cm³/mol. The average molecular weight is 330 g/mol. The molecule has 1 heterocycles. The highest BCUT2D eigenvalue weighted by Crippen LogP contribution is 2.38. The number of rotatable bonds is 6. The molecule has 1 aromatic carbocycles. The van der Waals surface area contributed by atoms with E-state index < -0.39 is 11.9 Å². The van der Waals surface area contributed by atoms with Crippen molar-refractivity contribution in [2.45, 2.75) is 19.8 Å². The molecule has 120 valence electrons. The molecule has 1 saturated carbocycles. The first-order chi connectivity index (χ1) is 11.0. The highest BCUT2D eigenvalue weighted by molar-refractivity contribution is 7.09. The molecule has 3 rings (SSSR count). The molecule has 0 spiro atoms. The second kappa shape index (κ2) is 6.50. The van der Waals surface area contributed by atoms with Gasteiger partial charge in [0.15, 0.2) is 0 Å². The fourth-order valence-corrected chi connectivity index (χ4v) is 3.18. The van der Waals surface area contributed by atoms with Crippen molar-refractivity contribution in [2.24, 2.45) is 11.8 Å². The van der Waals surface area contributed by atoms with Crippen LogP contribution in [-0.4, -0.2) is 28.5 Å². The Labute approximate surface area is 138 Å². The van der Waals surface area contributed by atoms with Crippen molar-refractivity contribution in [3.8, 4) is 11.3 Å². The number of hydrogen-bond acceptors (Lipinski definition) is 4. The first-order valence-corrected chi connectivity index (χ1v) is 8.44. The largest absolute Gasteiger partial charge is 0.481 e. The minimum atomic E-state index is -0.877. The summed E-state index contributed by atoms with van der Waals surface area (Å²) in [7, 11) is 0. The Kier molecular flexibility index (Phi) is 4.43. The van der Waals surface area contributed by atoms with Gasteiger partial charge in [0.05, 0.1) is 22.5 Å². The minimum absolute atomic E-state index is 0.146. The Morgan fingerprint density at radius 2 is 2.04 bits per heavy atom. The van der Waals surface area contributed by atoms with Crippen molar-refractivity contribution < 1.29 is 14.7 Å². The van der Waals surface area contributed by atoms with E-state index in [0.717, 1.165) is 28.2 Å². The lowest BCUT2D eigenvalue weighted by molar-refractivity contribution is -0.140. The number of nitrogens with one attached hydrogen (secondary N) is 1. The second-order valence-corrected chi connectivity index (χ2v) is 6.84. The molecule has 1 amide bonds. The maximum absolute atomic E-state index is 11.8. The summed E-state index contributed by atoms with van der Waals surface area (Å²) in [4.78, 5) is 27.0. The van der Waals surface area contributed by atoms with Crippen LogP contribution in [0.5, 0.6) is 0 Å². The number of aliphatic carboxylic acids is 1. The van der Waals surface area contributed by atoms with Crippen LogP contribution >= 0.6 is 11.3 Å². The maximum Gasteiger partial charge on any atom is 0.307 e. The van der Waals surface area contributed by atoms with Crippen LogP contribution in [0.3, 0.4) is 0 Å². The van der Waals surface area contributed by atoms with Crippen molar-refractivity contribution >= 4 is 23.2 Å². The predicted octanol–water partition coefficient (Wildman–Crippen LogP) is 2.50. The third-order valence-corrected chi connectivity index (χ3v) is 4.80. The van der Waals surface area contributed by atoms with Crippen LogP contribution in [0.4, 0.5) is 0 Å². The molecule has 0 aliphatic heterocycles. The number of thiazole rings is 1. The molecule has 5 nitrogen and oxygen atoms in total. The number of carbonyl (C=O) groups is 2. The monoisotopic (exact) mass is 330 g/mol. The number of benzene rings is 1. The zero-order valence-electron chi connectivity index (χ0n) is 12.8. The van der Waals surface area contributed by atoms with Gasteiger partial charge in [-0.25, -0.2) is 4.98 Å². The van der Waals surface area contributed by atoms with Crippen LogP contribution in [-0.2, 0) is 16.0 Å². The van der Waals surface area contributed by atoms with E-state index >= 15 is 0 Å². The summed E-state index contributed by atoms with van der Waals surface area (Å²) in [6, 6.07) is 8.14. The normalized spacial score (nSPS) is 19.3. The van der Waals surface area contributed by atoms with Crippen LogP contribution in [0, 0.1) is 18.8 Å². The van der Waals surface area contributed by atoms with Crippen molar-refractivity contribution in [1.29, 1.82) is 0 Å². The molecule has 0 radical (unpaired) electrons. The van der Waals surface area contributed by atoms with Gasteiger partial charge in [-0.15, -0.1) is 11.3 Å². The van der Waals surface area contributed by atoms with Crippen LogP contribution in [0.1, 0.15) is 17.0 Å². The fraction of sp³-hybridized carbons (Fsp3) is 0.353. The smallest absolute Gasteiger partial charge is 0.307 e. The van der Waals surface area contributed by atoms with Gasteiger partial charge in [-0.05, 0) is 25.3 Å². The van der Waals surface area contributed by atoms with E-state index in [2.05, 4.69) is 10.3 Å². The first-order valence-electron chi connectivity index (χ1n) is 7.56. The number of carboxylic acids is 1. The van der Waals surface area contributed by atoms with E-state index in [4.69, 9.17) is 5.11 Å². The molecule has 1 aliphatic rings. The number of carboxylic acid groups (broad SMARTS) is 1. The summed E-state index contributed by atoms with van der Waals surface area (Å²) in [6.07, 6.45) is 1.19. The topological polar surface area (TPSA) is 79.3 Å². The van der Waals surface area contributed by atoms with Gasteiger partial charge in [0, 0.05) is 17.5 Å². The van der Waals surface area contributed by atoms with E-state index in [-0.39, 0.29) is 11.8 Å². The van der Waals surface area contributed by atoms with Crippen molar-refractivity contribution in [2.75, 3.05) is 6.54 Å². The number of aromatic nitrogens is 1. The van der Waals surface area contributed by atoms with Gasteiger partial charge in [-0.1, -0.05) is 24.3 Å². The quantitative estimate of drug-likeness (QED) is 0.853. The number of aryl methyl sites for hydroxylation is 1. The van der Waals surface area contributed by atoms with E-state index in [1.807, 2.05) is 36.6 Å². The highest BCUT2D eigenvalue weighted by Gasteiger charge is 2.48. The van der Waals surface area contributed by atoms with Crippen molar-refractivity contribution in [3.05, 3.63) is 40.2 Å². The third-order valence-electron chi connectivity index (χ3n) is 4.03. The van der Waals surface area contributed by atoms with Gasteiger partial charge >= 0.3 is 5.97 Å². The summed E-state index contributed by atoms with van der Waals surface area (Å²) in [6.45, 7) is 2.51. The summed E-state index contributed by atoms with van der Waals surface area (Å²) >= 11 is 1.63. The van der Waals surface area contributed by atoms with Gasteiger partial charge in [-0.2, -0.15) is 0 Å². The molecule has 2 unspecified atom stereocenters. The molecule has 2 N–H and O–H groups in total. The fourth-order valence-electron chi connectivity index (χ4n) is 2.56. The van der Waals surface area contributed by atoms with Gasteiger partial charge in [0.2, 0.25) is 5.91 Å². The van der Waals surface area contributed by atoms with Gasteiger partial charge in [-0.3, -0.25) is 9.59 Å². The Hall–Kier alpha value is -2.21. The van der Waals surface area contributed by atoms with Gasteiger partial charge in [0.25, 0.3) is 0 Å². The standard InChI is InChI=1S/C17H18N2O3S/c1-10-19-15(9-23-10)12-4-2-11(3-5-12)6-7-18-16(20)13-8-14(13)17(21)22/h2-5,9,13-14H,6-8H2,1H3,(H,18,20)(H,21,22). The molecule has 23 heavy (non-hydrogen) atoms. The second-order valence-electron chi connectivity index (χ2n) is 5.78. The average Bonchev–Trinajstić information content (AvgIpc) is 3.23. The molecule has 1 fully saturated rings. The maximum atomic E-state index is 11.8. The molecule has 2 aromatic rings. The van der Waals surface area contributed by atoms with Crippen LogP contribution in [0.25, 0.3) is 11.3 Å². The first kappa shape index (κ1) is 15.7. The molecular formula is C17H18N2O3S. The zero-order chi connectivity index (χ0) is 16.4. The van der Waals surface area contributed by atoms with Crippen LogP contribution in [0.15, 0.2) is 29.6 Å². The summed E-state index contributed by atoms with van der Waals surface area (Å²) in [5.74, 6) is -1.86. The Morgan fingerprint density at radius 1 is 1.30 bits per heavy atom. The lowest BCUT2D eigenvalue weighted by Gasteiger charge is -2.05. The third kappa shape index (κ3) is 3.76. The van der Waals surface area contributed by atoms with Crippen molar-refractivity contribution in [3.63, 3.8) is 0 Å². The Morgan fingerprint density at radius 3 is 2.61 bits per heavy atom. The summed E-state index contributed by atoms with van der Waals surface area (Å²) in [5.41, 5.74) is 3.21. The highest BCUT2D eigenvalue weighted by atomic mass is 32.1. The molecule has 1 aliphatic carbocycles. The summed E-state index contributed by atoms with van der Waals surface area (Å²) < 4.78 is 0. The Bertz CT molecular complexity index is 724. The molecule has 0 bridgehead atoms. The molecule has 1 aromatic heterocycles. The van der Waals surface area contributed by atoms with Gasteiger partial charge < -0.3 is 10.4 Å². The van der Waals surface area contributed by atoms with E-state index in [1.54, 1.807) is 11.3 Å². The number of carbonyl (C=O) groups excluding carboxylic acids is 1. The zero-order valence-corrected chi connectivity index (χ0v) is 13.6. The SMILES string of the molecule is Cc1nc(-c2ccc(CCNC(=O)C3CC3C(=O)O)cc2)cs1. The van der Waals surface area contributed by atoms with E-state index in [1.165, 1.54) is 0 Å². The summed E-state index contributed by atoms with van der Waals surface area (Å²) in [5, 5.41) is 14.7. The van der Waals surface area contributed by atoms with Crippen LogP contribution < -0.4 is 5.32 Å². The van der Waals surface area contributed by atoms with Crippen molar-refractivity contribution in [1.82, 2.24) is 10.3 Å².